The summed E-state index contributed by atoms with van der Waals surface area (Å²) in [7, 11) is 0. The smallest absolute Gasteiger partial charge is 0.194 e. The van der Waals surface area contributed by atoms with E-state index in [1.54, 1.807) is 6.26 Å². The lowest BCUT2D eigenvalue weighted by Gasteiger charge is -2.33. The van der Waals surface area contributed by atoms with E-state index in [4.69, 9.17) is 14.1 Å². The minimum absolute atomic E-state index is 0.306. The van der Waals surface area contributed by atoms with Gasteiger partial charge in [-0.2, -0.15) is 0 Å². The van der Waals surface area contributed by atoms with Crippen molar-refractivity contribution >= 4 is 5.96 Å². The highest BCUT2D eigenvalue weighted by Gasteiger charge is 2.20. The first-order valence-electron chi connectivity index (χ1n) is 8.98. The van der Waals surface area contributed by atoms with E-state index in [2.05, 4.69) is 17.1 Å². The van der Waals surface area contributed by atoms with E-state index in [0.717, 1.165) is 63.3 Å². The van der Waals surface area contributed by atoms with Crippen LogP contribution in [0.3, 0.4) is 0 Å². The van der Waals surface area contributed by atoms with Crippen molar-refractivity contribution in [2.24, 2.45) is 10.9 Å². The van der Waals surface area contributed by atoms with Crippen LogP contribution in [-0.2, 0) is 11.2 Å². The second kappa shape index (κ2) is 8.39. The molecule has 128 valence electrons. The molecule has 23 heavy (non-hydrogen) atoms. The van der Waals surface area contributed by atoms with Crippen LogP contribution in [0, 0.1) is 5.92 Å². The van der Waals surface area contributed by atoms with Crippen LogP contribution in [0.4, 0.5) is 0 Å². The summed E-state index contributed by atoms with van der Waals surface area (Å²) in [5.41, 5.74) is 0. The first-order valence-corrected chi connectivity index (χ1v) is 8.98. The third-order valence-corrected chi connectivity index (χ3v) is 4.79. The number of guanidine groups is 1. The number of nitrogens with one attached hydrogen (secondary N) is 1. The minimum atomic E-state index is 0.306. The zero-order valence-electron chi connectivity index (χ0n) is 14.2. The van der Waals surface area contributed by atoms with Gasteiger partial charge in [-0.25, -0.2) is 0 Å². The average molecular weight is 319 g/mol. The Hall–Kier alpha value is -1.49. The van der Waals surface area contributed by atoms with Crippen LogP contribution in [0.25, 0.3) is 0 Å². The monoisotopic (exact) mass is 319 g/mol. The Bertz CT molecular complexity index is 472. The maximum Gasteiger partial charge on any atom is 0.194 e. The van der Waals surface area contributed by atoms with Gasteiger partial charge in [0.25, 0.3) is 0 Å². The lowest BCUT2D eigenvalue weighted by molar-refractivity contribution is 0.117. The summed E-state index contributed by atoms with van der Waals surface area (Å²) in [6.07, 6.45) is 7.73. The predicted molar refractivity (Wildman–Crippen MR) is 91.7 cm³/mol. The average Bonchev–Trinajstić information content (AvgIpc) is 3.25. The molecule has 1 unspecified atom stereocenters. The first-order chi connectivity index (χ1) is 11.3. The highest BCUT2D eigenvalue weighted by atomic mass is 16.5. The van der Waals surface area contributed by atoms with Gasteiger partial charge in [-0.1, -0.05) is 6.92 Å². The number of furan rings is 1. The molecule has 1 aromatic rings. The van der Waals surface area contributed by atoms with Crippen molar-refractivity contribution in [1.82, 2.24) is 10.2 Å². The van der Waals surface area contributed by atoms with Crippen molar-refractivity contribution in [2.75, 3.05) is 32.8 Å². The van der Waals surface area contributed by atoms with Crippen molar-refractivity contribution < 1.29 is 9.15 Å². The van der Waals surface area contributed by atoms with Crippen LogP contribution in [0.5, 0.6) is 0 Å². The van der Waals surface area contributed by atoms with E-state index in [0.29, 0.717) is 6.10 Å². The molecular weight excluding hydrogens is 290 g/mol. The molecule has 1 atom stereocenters. The second-order valence-corrected chi connectivity index (χ2v) is 6.73. The van der Waals surface area contributed by atoms with E-state index < -0.39 is 0 Å². The van der Waals surface area contributed by atoms with Gasteiger partial charge in [-0.15, -0.1) is 0 Å². The number of hydrogen-bond acceptors (Lipinski definition) is 3. The Balaban J connectivity index is 1.54. The Morgan fingerprint density at radius 1 is 1.35 bits per heavy atom. The van der Waals surface area contributed by atoms with Gasteiger partial charge in [0.15, 0.2) is 5.96 Å². The summed E-state index contributed by atoms with van der Waals surface area (Å²) in [6, 6.07) is 3.96. The molecule has 0 amide bonds. The van der Waals surface area contributed by atoms with E-state index in [1.165, 1.54) is 19.3 Å². The standard InChI is InChI=1S/C18H29N3O2/c1-15-7-10-21(11-8-15)18(20-14-17-5-3-13-23-17)19-9-6-16-4-2-12-22-16/h2,4,12,15,17H,3,5-11,13-14H2,1H3,(H,19,20). The Labute approximate surface area is 139 Å². The number of nitrogens with zero attached hydrogens (tertiary/aromatic N) is 2. The lowest BCUT2D eigenvalue weighted by Crippen LogP contribution is -2.46. The number of rotatable bonds is 5. The van der Waals surface area contributed by atoms with Gasteiger partial charge in [0, 0.05) is 32.7 Å². The molecule has 0 saturated carbocycles. The van der Waals surface area contributed by atoms with Crippen LogP contribution in [0.15, 0.2) is 27.8 Å². The molecule has 2 fully saturated rings. The molecule has 0 radical (unpaired) electrons. The summed E-state index contributed by atoms with van der Waals surface area (Å²) in [5.74, 6) is 2.89. The molecule has 0 aliphatic carbocycles. The summed E-state index contributed by atoms with van der Waals surface area (Å²) in [5, 5.41) is 3.53. The van der Waals surface area contributed by atoms with Crippen LogP contribution >= 0.6 is 0 Å². The summed E-state index contributed by atoms with van der Waals surface area (Å²) in [6.45, 7) is 7.05. The topological polar surface area (TPSA) is 50.0 Å². The number of aliphatic imine (C=N–C) groups is 1. The van der Waals surface area contributed by atoms with Gasteiger partial charge < -0.3 is 19.4 Å². The number of ether oxygens (including phenoxy) is 1. The molecule has 3 rings (SSSR count). The fourth-order valence-corrected chi connectivity index (χ4v) is 3.22. The van der Waals surface area contributed by atoms with Crippen molar-refractivity contribution in [1.29, 1.82) is 0 Å². The highest BCUT2D eigenvalue weighted by Crippen LogP contribution is 2.17. The Morgan fingerprint density at radius 3 is 2.91 bits per heavy atom. The quantitative estimate of drug-likeness (QED) is 0.670. The normalized spacial score (nSPS) is 23.4. The van der Waals surface area contributed by atoms with Crippen molar-refractivity contribution in [3.8, 4) is 0 Å². The van der Waals surface area contributed by atoms with E-state index in [-0.39, 0.29) is 0 Å². The summed E-state index contributed by atoms with van der Waals surface area (Å²) < 4.78 is 11.1. The number of piperidine rings is 1. The van der Waals surface area contributed by atoms with E-state index >= 15 is 0 Å². The van der Waals surface area contributed by atoms with Gasteiger partial charge >= 0.3 is 0 Å². The Morgan fingerprint density at radius 2 is 2.22 bits per heavy atom. The molecule has 1 N–H and O–H groups in total. The molecule has 3 heterocycles. The molecule has 2 aliphatic rings. The van der Waals surface area contributed by atoms with Crippen LogP contribution in [0.2, 0.25) is 0 Å². The number of likely N-dealkylation sites (tertiary alicyclic amines) is 1. The van der Waals surface area contributed by atoms with Gasteiger partial charge in [0.05, 0.1) is 18.9 Å². The van der Waals surface area contributed by atoms with E-state index in [9.17, 15) is 0 Å². The molecule has 0 bridgehead atoms. The molecular formula is C18H29N3O2. The molecule has 0 spiro atoms. The maximum absolute atomic E-state index is 5.70. The van der Waals surface area contributed by atoms with Crippen molar-refractivity contribution in [3.63, 3.8) is 0 Å². The summed E-state index contributed by atoms with van der Waals surface area (Å²) >= 11 is 0. The van der Waals surface area contributed by atoms with E-state index in [1.807, 2.05) is 12.1 Å². The molecule has 5 nitrogen and oxygen atoms in total. The molecule has 5 heteroatoms. The van der Waals surface area contributed by atoms with Gasteiger partial charge in [-0.05, 0) is 43.7 Å². The third-order valence-electron chi connectivity index (χ3n) is 4.79. The lowest BCUT2D eigenvalue weighted by atomic mass is 9.99. The van der Waals surface area contributed by atoms with Gasteiger partial charge in [-0.3, -0.25) is 4.99 Å². The second-order valence-electron chi connectivity index (χ2n) is 6.73. The molecule has 1 aromatic heterocycles. The Kier molecular flexibility index (Phi) is 5.97. The maximum atomic E-state index is 5.70. The zero-order valence-corrected chi connectivity index (χ0v) is 14.2. The van der Waals surface area contributed by atoms with Crippen LogP contribution in [-0.4, -0.2) is 49.7 Å². The largest absolute Gasteiger partial charge is 0.469 e. The minimum Gasteiger partial charge on any atom is -0.469 e. The van der Waals surface area contributed by atoms with Crippen LogP contribution in [0.1, 0.15) is 38.4 Å². The molecule has 2 aliphatic heterocycles. The predicted octanol–water partition coefficient (Wildman–Crippen LogP) is 2.68. The molecule has 2 saturated heterocycles. The van der Waals surface area contributed by atoms with Crippen molar-refractivity contribution in [2.45, 2.75) is 45.1 Å². The third kappa shape index (κ3) is 4.99. The van der Waals surface area contributed by atoms with Crippen LogP contribution < -0.4 is 5.32 Å². The zero-order chi connectivity index (χ0) is 15.9. The van der Waals surface area contributed by atoms with Gasteiger partial charge in [0.1, 0.15) is 5.76 Å². The summed E-state index contributed by atoms with van der Waals surface area (Å²) in [4.78, 5) is 7.25. The number of hydrogen-bond donors (Lipinski definition) is 1. The highest BCUT2D eigenvalue weighted by molar-refractivity contribution is 5.80. The van der Waals surface area contributed by atoms with Crippen molar-refractivity contribution in [3.05, 3.63) is 24.2 Å². The first kappa shape index (κ1) is 16.4. The SMILES string of the molecule is CC1CCN(C(=NCC2CCCO2)NCCc2ccco2)CC1. The fraction of sp³-hybridized carbons (Fsp3) is 0.722. The van der Waals surface area contributed by atoms with Gasteiger partial charge in [0.2, 0.25) is 0 Å². The molecule has 0 aromatic carbocycles. The fourth-order valence-electron chi connectivity index (χ4n) is 3.22.